The number of halogens is 1. The number of ether oxygens (including phenoxy) is 1. The summed E-state index contributed by atoms with van der Waals surface area (Å²) in [6, 6.07) is 15.1. The highest BCUT2D eigenvalue weighted by molar-refractivity contribution is 9.10. The third-order valence-corrected chi connectivity index (χ3v) is 3.82. The average molecular weight is 360 g/mol. The topological polar surface area (TPSA) is 38.3 Å². The number of rotatable bonds is 6. The van der Waals surface area contributed by atoms with Gasteiger partial charge in [-0.2, -0.15) is 0 Å². The zero-order valence-corrected chi connectivity index (χ0v) is 14.0. The number of carbonyl (C=O) groups excluding carboxylic acids is 1. The molecule has 0 radical (unpaired) electrons. The Labute approximate surface area is 139 Å². The summed E-state index contributed by atoms with van der Waals surface area (Å²) in [5.74, 6) is 0.569. The van der Waals surface area contributed by atoms with Gasteiger partial charge >= 0.3 is 0 Å². The van der Waals surface area contributed by atoms with Crippen LogP contribution in [0.2, 0.25) is 0 Å². The maximum Gasteiger partial charge on any atom is 0.251 e. The fourth-order valence-electron chi connectivity index (χ4n) is 2.01. The van der Waals surface area contributed by atoms with Crippen LogP contribution in [0.15, 0.2) is 65.7 Å². The summed E-state index contributed by atoms with van der Waals surface area (Å²) in [4.78, 5) is 12.3. The minimum atomic E-state index is -0.118. The van der Waals surface area contributed by atoms with Crippen LogP contribution in [0.3, 0.4) is 0 Å². The van der Waals surface area contributed by atoms with E-state index < -0.39 is 0 Å². The maximum absolute atomic E-state index is 12.3. The molecule has 1 amide bonds. The molecule has 3 nitrogen and oxygen atoms in total. The van der Waals surface area contributed by atoms with E-state index in [4.69, 9.17) is 4.74 Å². The normalized spacial score (nSPS) is 11.5. The van der Waals surface area contributed by atoms with Crippen LogP contribution in [0.1, 0.15) is 28.9 Å². The van der Waals surface area contributed by atoms with Gasteiger partial charge in [-0.25, -0.2) is 0 Å². The van der Waals surface area contributed by atoms with Gasteiger partial charge < -0.3 is 10.1 Å². The number of benzene rings is 2. The van der Waals surface area contributed by atoms with Gasteiger partial charge in [0.2, 0.25) is 0 Å². The molecular weight excluding hydrogens is 342 g/mol. The average Bonchev–Trinajstić information content (AvgIpc) is 2.54. The van der Waals surface area contributed by atoms with Crippen LogP contribution < -0.4 is 10.1 Å². The molecule has 2 aromatic carbocycles. The number of hydrogen-bond donors (Lipinski definition) is 1. The highest BCUT2D eigenvalue weighted by Crippen LogP contribution is 2.26. The Morgan fingerprint density at radius 1 is 1.32 bits per heavy atom. The lowest BCUT2D eigenvalue weighted by atomic mass is 10.1. The Morgan fingerprint density at radius 3 is 2.68 bits per heavy atom. The molecular formula is C18H18BrNO2. The monoisotopic (exact) mass is 359 g/mol. The maximum atomic E-state index is 12.3. The predicted octanol–water partition coefficient (Wildman–Crippen LogP) is 4.50. The smallest absolute Gasteiger partial charge is 0.251 e. The second-order valence-corrected chi connectivity index (χ2v) is 5.71. The van der Waals surface area contributed by atoms with Gasteiger partial charge in [-0.05, 0) is 46.6 Å². The number of hydrogen-bond acceptors (Lipinski definition) is 2. The Morgan fingerprint density at radius 2 is 2.05 bits per heavy atom. The third-order valence-electron chi connectivity index (χ3n) is 3.20. The van der Waals surface area contributed by atoms with E-state index in [2.05, 4.69) is 27.8 Å². The summed E-state index contributed by atoms with van der Waals surface area (Å²) in [5.41, 5.74) is 1.65. The molecule has 0 saturated heterocycles. The fourth-order valence-corrected chi connectivity index (χ4v) is 2.51. The second kappa shape index (κ2) is 7.80. The van der Waals surface area contributed by atoms with E-state index in [-0.39, 0.29) is 11.9 Å². The van der Waals surface area contributed by atoms with Crippen LogP contribution in [0.25, 0.3) is 0 Å². The number of nitrogens with one attached hydrogen (secondary N) is 1. The molecule has 0 spiro atoms. The van der Waals surface area contributed by atoms with Crippen LogP contribution in [-0.2, 0) is 0 Å². The van der Waals surface area contributed by atoms with E-state index in [1.54, 1.807) is 24.3 Å². The molecule has 4 heteroatoms. The van der Waals surface area contributed by atoms with Crippen molar-refractivity contribution in [3.8, 4) is 5.75 Å². The molecule has 0 fully saturated rings. The van der Waals surface area contributed by atoms with E-state index in [0.717, 1.165) is 10.0 Å². The van der Waals surface area contributed by atoms with Crippen LogP contribution in [-0.4, -0.2) is 12.5 Å². The van der Waals surface area contributed by atoms with Gasteiger partial charge in [0.1, 0.15) is 12.4 Å². The molecule has 1 N–H and O–H groups in total. The third kappa shape index (κ3) is 4.21. The summed E-state index contributed by atoms with van der Waals surface area (Å²) in [6.45, 7) is 6.00. The van der Waals surface area contributed by atoms with Crippen LogP contribution in [0.4, 0.5) is 0 Å². The summed E-state index contributed by atoms with van der Waals surface area (Å²) in [5, 5.41) is 2.99. The van der Waals surface area contributed by atoms with Crippen molar-refractivity contribution in [3.05, 3.63) is 76.8 Å². The molecule has 0 heterocycles. The van der Waals surface area contributed by atoms with Crippen LogP contribution in [0, 0.1) is 0 Å². The highest BCUT2D eigenvalue weighted by Gasteiger charge is 2.13. The molecule has 22 heavy (non-hydrogen) atoms. The lowest BCUT2D eigenvalue weighted by Gasteiger charge is -2.15. The van der Waals surface area contributed by atoms with Crippen LogP contribution in [0.5, 0.6) is 5.75 Å². The Hall–Kier alpha value is -2.07. The molecule has 1 unspecified atom stereocenters. The van der Waals surface area contributed by atoms with Gasteiger partial charge in [-0.3, -0.25) is 4.79 Å². The van der Waals surface area contributed by atoms with Crippen molar-refractivity contribution in [2.75, 3.05) is 6.61 Å². The van der Waals surface area contributed by atoms with Crippen LogP contribution >= 0.6 is 15.9 Å². The predicted molar refractivity (Wildman–Crippen MR) is 92.2 cm³/mol. The highest BCUT2D eigenvalue weighted by atomic mass is 79.9. The van der Waals surface area contributed by atoms with Crippen molar-refractivity contribution in [2.24, 2.45) is 0 Å². The Kier molecular flexibility index (Phi) is 5.78. The second-order valence-electron chi connectivity index (χ2n) is 4.85. The van der Waals surface area contributed by atoms with Gasteiger partial charge in [0.05, 0.1) is 10.5 Å². The van der Waals surface area contributed by atoms with Gasteiger partial charge in [0.15, 0.2) is 0 Å². The molecule has 0 aliphatic carbocycles. The molecule has 0 aliphatic rings. The molecule has 114 valence electrons. The Bertz CT molecular complexity index is 655. The Balaban J connectivity index is 2.06. The van der Waals surface area contributed by atoms with Gasteiger partial charge in [-0.1, -0.05) is 43.0 Å². The molecule has 0 aliphatic heterocycles. The first-order chi connectivity index (χ1) is 10.6. The zero-order chi connectivity index (χ0) is 15.9. The first kappa shape index (κ1) is 16.3. The summed E-state index contributed by atoms with van der Waals surface area (Å²) >= 11 is 3.42. The van der Waals surface area contributed by atoms with Crippen molar-refractivity contribution in [2.45, 2.75) is 13.0 Å². The molecule has 0 saturated carbocycles. The SMILES string of the molecule is C=CCOc1ccc(C(=O)NC(C)c2ccccc2)cc1Br. The molecule has 0 aromatic heterocycles. The number of carbonyl (C=O) groups is 1. The summed E-state index contributed by atoms with van der Waals surface area (Å²) in [6.07, 6.45) is 1.68. The van der Waals surface area contributed by atoms with Crippen molar-refractivity contribution in [1.82, 2.24) is 5.32 Å². The quantitative estimate of drug-likeness (QED) is 0.770. The minimum Gasteiger partial charge on any atom is -0.488 e. The molecule has 0 bridgehead atoms. The molecule has 2 aromatic rings. The first-order valence-corrected chi connectivity index (χ1v) is 7.80. The van der Waals surface area contributed by atoms with E-state index in [9.17, 15) is 4.79 Å². The minimum absolute atomic E-state index is 0.0517. The standard InChI is InChI=1S/C18H18BrNO2/c1-3-11-22-17-10-9-15(12-16(17)19)18(21)20-13(2)14-7-5-4-6-8-14/h3-10,12-13H,1,11H2,2H3,(H,20,21). The van der Waals surface area contributed by atoms with Crippen molar-refractivity contribution >= 4 is 21.8 Å². The first-order valence-electron chi connectivity index (χ1n) is 7.01. The van der Waals surface area contributed by atoms with Gasteiger partial charge in [-0.15, -0.1) is 0 Å². The van der Waals surface area contributed by atoms with E-state index in [0.29, 0.717) is 17.9 Å². The van der Waals surface area contributed by atoms with Gasteiger partial charge in [0.25, 0.3) is 5.91 Å². The zero-order valence-electron chi connectivity index (χ0n) is 12.4. The van der Waals surface area contributed by atoms with Crippen molar-refractivity contribution in [1.29, 1.82) is 0 Å². The van der Waals surface area contributed by atoms with Crippen molar-refractivity contribution < 1.29 is 9.53 Å². The molecule has 1 atom stereocenters. The summed E-state index contributed by atoms with van der Waals surface area (Å²) in [7, 11) is 0. The molecule has 2 rings (SSSR count). The lowest BCUT2D eigenvalue weighted by Crippen LogP contribution is -2.26. The van der Waals surface area contributed by atoms with E-state index in [1.807, 2.05) is 37.3 Å². The summed E-state index contributed by atoms with van der Waals surface area (Å²) < 4.78 is 6.22. The lowest BCUT2D eigenvalue weighted by molar-refractivity contribution is 0.0940. The van der Waals surface area contributed by atoms with E-state index in [1.165, 1.54) is 0 Å². The fraction of sp³-hybridized carbons (Fsp3) is 0.167. The number of amides is 1. The largest absolute Gasteiger partial charge is 0.488 e. The van der Waals surface area contributed by atoms with Crippen molar-refractivity contribution in [3.63, 3.8) is 0 Å². The van der Waals surface area contributed by atoms with Gasteiger partial charge in [0, 0.05) is 5.56 Å². The van der Waals surface area contributed by atoms with E-state index >= 15 is 0 Å².